The van der Waals surface area contributed by atoms with Gasteiger partial charge in [0.25, 0.3) is 0 Å². The first-order chi connectivity index (χ1) is 12.5. The van der Waals surface area contributed by atoms with Crippen molar-refractivity contribution in [3.63, 3.8) is 0 Å². The van der Waals surface area contributed by atoms with Crippen molar-refractivity contribution in [3.8, 4) is 11.8 Å². The zero-order valence-corrected chi connectivity index (χ0v) is 14.0. The number of nitrogens with one attached hydrogen (secondary N) is 1. The van der Waals surface area contributed by atoms with Crippen LogP contribution in [0.1, 0.15) is 22.8 Å². The number of benzene rings is 2. The molecule has 0 aliphatic heterocycles. The lowest BCUT2D eigenvalue weighted by Crippen LogP contribution is -2.19. The van der Waals surface area contributed by atoms with E-state index in [0.29, 0.717) is 22.6 Å². The van der Waals surface area contributed by atoms with Gasteiger partial charge in [0.1, 0.15) is 5.75 Å². The number of ketones is 1. The topological polar surface area (TPSA) is 105 Å². The normalized spacial score (nSPS) is 9.69. The SMILES string of the molecule is CC(=O)Nc1ccc(C(=O)COC(=O)COc2ccc(C#N)cc2)cc1. The number of amides is 1. The second-order valence-electron chi connectivity index (χ2n) is 5.27. The van der Waals surface area contributed by atoms with Crippen molar-refractivity contribution >= 4 is 23.3 Å². The van der Waals surface area contributed by atoms with Gasteiger partial charge >= 0.3 is 5.97 Å². The zero-order chi connectivity index (χ0) is 18.9. The van der Waals surface area contributed by atoms with E-state index in [1.54, 1.807) is 36.4 Å². The molecule has 0 saturated heterocycles. The third kappa shape index (κ3) is 5.76. The van der Waals surface area contributed by atoms with Crippen molar-refractivity contribution < 1.29 is 23.9 Å². The number of nitriles is 1. The molecule has 1 amide bonds. The summed E-state index contributed by atoms with van der Waals surface area (Å²) < 4.78 is 10.1. The Morgan fingerprint density at radius 2 is 1.65 bits per heavy atom. The maximum Gasteiger partial charge on any atom is 0.344 e. The van der Waals surface area contributed by atoms with Crippen LogP contribution in [0.4, 0.5) is 5.69 Å². The molecule has 0 saturated carbocycles. The molecule has 0 aromatic heterocycles. The summed E-state index contributed by atoms with van der Waals surface area (Å²) in [6.07, 6.45) is 0. The minimum Gasteiger partial charge on any atom is -0.482 e. The fourth-order valence-electron chi connectivity index (χ4n) is 1.98. The number of carbonyl (C=O) groups excluding carboxylic acids is 3. The summed E-state index contributed by atoms with van der Waals surface area (Å²) in [6.45, 7) is 0.633. The minimum absolute atomic E-state index is 0.208. The predicted octanol–water partition coefficient (Wildman–Crippen LogP) is 2.32. The fourth-order valence-corrected chi connectivity index (χ4v) is 1.98. The van der Waals surface area contributed by atoms with Crippen molar-refractivity contribution in [2.45, 2.75) is 6.92 Å². The summed E-state index contributed by atoms with van der Waals surface area (Å²) in [5.74, 6) is -0.843. The third-order valence-corrected chi connectivity index (χ3v) is 3.23. The molecule has 1 N–H and O–H groups in total. The highest BCUT2D eigenvalue weighted by Gasteiger charge is 2.11. The molecule has 2 rings (SSSR count). The van der Waals surface area contributed by atoms with Gasteiger partial charge in [0.05, 0.1) is 11.6 Å². The molecule has 0 heterocycles. The van der Waals surface area contributed by atoms with Crippen LogP contribution in [0.25, 0.3) is 0 Å². The highest BCUT2D eigenvalue weighted by atomic mass is 16.6. The monoisotopic (exact) mass is 352 g/mol. The van der Waals surface area contributed by atoms with Crippen molar-refractivity contribution in [3.05, 3.63) is 59.7 Å². The van der Waals surface area contributed by atoms with Crippen LogP contribution in [0.3, 0.4) is 0 Å². The molecule has 0 spiro atoms. The van der Waals surface area contributed by atoms with E-state index in [1.807, 2.05) is 6.07 Å². The van der Waals surface area contributed by atoms with Gasteiger partial charge in [-0.2, -0.15) is 5.26 Å². The number of hydrogen-bond donors (Lipinski definition) is 1. The Labute approximate surface area is 150 Å². The molecular weight excluding hydrogens is 336 g/mol. The molecular formula is C19H16N2O5. The van der Waals surface area contributed by atoms with Crippen molar-refractivity contribution in [2.75, 3.05) is 18.5 Å². The van der Waals surface area contributed by atoms with E-state index in [2.05, 4.69) is 5.32 Å². The van der Waals surface area contributed by atoms with Crippen LogP contribution in [0.15, 0.2) is 48.5 Å². The van der Waals surface area contributed by atoms with Crippen LogP contribution in [-0.4, -0.2) is 30.9 Å². The van der Waals surface area contributed by atoms with E-state index in [9.17, 15) is 14.4 Å². The van der Waals surface area contributed by atoms with Crippen molar-refractivity contribution in [1.29, 1.82) is 5.26 Å². The second kappa shape index (κ2) is 8.99. The summed E-state index contributed by atoms with van der Waals surface area (Å²) in [5, 5.41) is 11.3. The number of nitrogens with zero attached hydrogens (tertiary/aromatic N) is 1. The highest BCUT2D eigenvalue weighted by molar-refractivity contribution is 5.98. The lowest BCUT2D eigenvalue weighted by Gasteiger charge is -2.07. The molecule has 0 aliphatic carbocycles. The number of Topliss-reactive ketones (excluding diaryl/α,β-unsaturated/α-hetero) is 1. The average molecular weight is 352 g/mol. The van der Waals surface area contributed by atoms with Gasteiger partial charge in [-0.3, -0.25) is 9.59 Å². The molecule has 2 aromatic rings. The first-order valence-electron chi connectivity index (χ1n) is 7.67. The summed E-state index contributed by atoms with van der Waals surface area (Å²) in [6, 6.07) is 14.5. The minimum atomic E-state index is -0.683. The highest BCUT2D eigenvalue weighted by Crippen LogP contribution is 2.12. The molecule has 0 aliphatic rings. The van der Waals surface area contributed by atoms with Gasteiger partial charge in [-0.05, 0) is 48.5 Å². The van der Waals surface area contributed by atoms with Gasteiger partial charge in [-0.15, -0.1) is 0 Å². The first kappa shape index (κ1) is 18.7. The summed E-state index contributed by atoms with van der Waals surface area (Å²) in [4.78, 5) is 34.6. The van der Waals surface area contributed by atoms with Gasteiger partial charge in [0.15, 0.2) is 19.0 Å². The maximum absolute atomic E-state index is 12.0. The fraction of sp³-hybridized carbons (Fsp3) is 0.158. The molecule has 132 valence electrons. The van der Waals surface area contributed by atoms with Crippen molar-refractivity contribution in [1.82, 2.24) is 0 Å². The van der Waals surface area contributed by atoms with E-state index in [-0.39, 0.29) is 18.3 Å². The quantitative estimate of drug-likeness (QED) is 0.605. The van der Waals surface area contributed by atoms with E-state index in [0.717, 1.165) is 0 Å². The average Bonchev–Trinajstić information content (AvgIpc) is 2.65. The summed E-state index contributed by atoms with van der Waals surface area (Å²) in [5.41, 5.74) is 1.41. The molecule has 0 radical (unpaired) electrons. The number of ether oxygens (including phenoxy) is 2. The molecule has 7 nitrogen and oxygen atoms in total. The van der Waals surface area contributed by atoms with Gasteiger partial charge < -0.3 is 14.8 Å². The van der Waals surface area contributed by atoms with Gasteiger partial charge in [-0.25, -0.2) is 4.79 Å². The Morgan fingerprint density at radius 3 is 2.23 bits per heavy atom. The number of carbonyl (C=O) groups is 3. The van der Waals surface area contributed by atoms with E-state index in [1.165, 1.54) is 19.1 Å². The van der Waals surface area contributed by atoms with E-state index in [4.69, 9.17) is 14.7 Å². The van der Waals surface area contributed by atoms with Crippen LogP contribution in [0.5, 0.6) is 5.75 Å². The largest absolute Gasteiger partial charge is 0.482 e. The van der Waals surface area contributed by atoms with Crippen LogP contribution in [-0.2, 0) is 14.3 Å². The van der Waals surface area contributed by atoms with Gasteiger partial charge in [0, 0.05) is 18.2 Å². The molecule has 0 atom stereocenters. The number of esters is 1. The lowest BCUT2D eigenvalue weighted by molar-refractivity contribution is -0.144. The Kier molecular flexibility index (Phi) is 6.46. The van der Waals surface area contributed by atoms with E-state index >= 15 is 0 Å². The molecule has 0 unspecified atom stereocenters. The van der Waals surface area contributed by atoms with Crippen LogP contribution in [0.2, 0.25) is 0 Å². The smallest absolute Gasteiger partial charge is 0.344 e. The van der Waals surface area contributed by atoms with Crippen LogP contribution in [0, 0.1) is 11.3 Å². The first-order valence-corrected chi connectivity index (χ1v) is 7.67. The molecule has 0 fully saturated rings. The zero-order valence-electron chi connectivity index (χ0n) is 14.0. The van der Waals surface area contributed by atoms with Gasteiger partial charge in [-0.1, -0.05) is 0 Å². The van der Waals surface area contributed by atoms with Crippen molar-refractivity contribution in [2.24, 2.45) is 0 Å². The molecule has 26 heavy (non-hydrogen) atoms. The predicted molar refractivity (Wildman–Crippen MR) is 92.7 cm³/mol. The van der Waals surface area contributed by atoms with E-state index < -0.39 is 12.6 Å². The Hall–Kier alpha value is -3.66. The second-order valence-corrected chi connectivity index (χ2v) is 5.27. The standard InChI is InChI=1S/C19H16N2O5/c1-13(22)21-16-6-4-15(5-7-16)18(23)11-26-19(24)12-25-17-8-2-14(10-20)3-9-17/h2-9H,11-12H2,1H3,(H,21,22). The molecule has 0 bridgehead atoms. The Morgan fingerprint density at radius 1 is 1.00 bits per heavy atom. The summed E-state index contributed by atoms with van der Waals surface area (Å²) >= 11 is 0. The Bertz CT molecular complexity index is 836. The van der Waals surface area contributed by atoms with Crippen LogP contribution < -0.4 is 10.1 Å². The number of anilines is 1. The summed E-state index contributed by atoms with van der Waals surface area (Å²) in [7, 11) is 0. The number of hydrogen-bond acceptors (Lipinski definition) is 6. The maximum atomic E-state index is 12.0. The third-order valence-electron chi connectivity index (χ3n) is 3.23. The Balaban J connectivity index is 1.78. The molecule has 7 heteroatoms. The number of rotatable bonds is 7. The molecule has 2 aromatic carbocycles. The van der Waals surface area contributed by atoms with Gasteiger partial charge in [0.2, 0.25) is 5.91 Å². The lowest BCUT2D eigenvalue weighted by atomic mass is 10.1. The van der Waals surface area contributed by atoms with Crippen LogP contribution >= 0.6 is 0 Å².